The molecule has 0 spiro atoms. The third-order valence-corrected chi connectivity index (χ3v) is 4.37. The molecule has 0 fully saturated rings. The molecule has 4 nitrogen and oxygen atoms in total. The van der Waals surface area contributed by atoms with Crippen molar-refractivity contribution in [3.05, 3.63) is 29.8 Å². The van der Waals surface area contributed by atoms with Gasteiger partial charge in [-0.25, -0.2) is 8.42 Å². The summed E-state index contributed by atoms with van der Waals surface area (Å²) in [5.41, 5.74) is 1.65. The second-order valence-electron chi connectivity index (χ2n) is 4.89. The quantitative estimate of drug-likeness (QED) is 0.832. The molecule has 5 heteroatoms. The molecule has 18 heavy (non-hydrogen) atoms. The Kier molecular flexibility index (Phi) is 5.16. The zero-order valence-electron chi connectivity index (χ0n) is 11.4. The summed E-state index contributed by atoms with van der Waals surface area (Å²) in [5.74, 6) is 0. The largest absolute Gasteiger partial charge is 0.313 e. The third kappa shape index (κ3) is 4.66. The molecule has 0 aromatic heterocycles. The fourth-order valence-electron chi connectivity index (χ4n) is 1.48. The van der Waals surface area contributed by atoms with Gasteiger partial charge >= 0.3 is 0 Å². The maximum absolute atomic E-state index is 12.1. The van der Waals surface area contributed by atoms with Gasteiger partial charge in [-0.05, 0) is 31.5 Å². The number of nitrogens with one attached hydrogen (secondary N) is 2. The summed E-state index contributed by atoms with van der Waals surface area (Å²) in [6.45, 7) is 8.06. The van der Waals surface area contributed by atoms with Gasteiger partial charge in [0.15, 0.2) is 0 Å². The summed E-state index contributed by atoms with van der Waals surface area (Å²) in [4.78, 5) is 0. The van der Waals surface area contributed by atoms with Crippen molar-refractivity contribution in [2.75, 3.05) is 11.3 Å². The molecule has 0 aliphatic heterocycles. The lowest BCUT2D eigenvalue weighted by atomic mass is 10.2. The van der Waals surface area contributed by atoms with Crippen LogP contribution in [0.3, 0.4) is 0 Å². The van der Waals surface area contributed by atoms with E-state index >= 15 is 0 Å². The monoisotopic (exact) mass is 270 g/mol. The molecule has 0 amide bonds. The zero-order valence-corrected chi connectivity index (χ0v) is 12.2. The second kappa shape index (κ2) is 6.20. The van der Waals surface area contributed by atoms with Crippen molar-refractivity contribution in [1.29, 1.82) is 0 Å². The van der Waals surface area contributed by atoms with Gasteiger partial charge in [0, 0.05) is 18.3 Å². The van der Waals surface area contributed by atoms with E-state index in [0.29, 0.717) is 12.2 Å². The summed E-state index contributed by atoms with van der Waals surface area (Å²) < 4.78 is 26.8. The maximum Gasteiger partial charge on any atom is 0.236 e. The molecule has 1 atom stereocenters. The standard InChI is InChI=1S/C13H22N2O2S/c1-10(2)14-9-12(4)18(16,17)15-13-7-5-6-11(3)8-13/h5-8,10,12,14-15H,9H2,1-4H3. The fraction of sp³-hybridized carbons (Fsp3) is 0.538. The fourth-order valence-corrected chi connectivity index (χ4v) is 2.46. The van der Waals surface area contributed by atoms with E-state index in [4.69, 9.17) is 0 Å². The van der Waals surface area contributed by atoms with Crippen LogP contribution in [0, 0.1) is 6.92 Å². The molecule has 0 bridgehead atoms. The average molecular weight is 270 g/mol. The maximum atomic E-state index is 12.1. The molecular formula is C13H22N2O2S. The molecule has 102 valence electrons. The van der Waals surface area contributed by atoms with Gasteiger partial charge in [-0.1, -0.05) is 26.0 Å². The lowest BCUT2D eigenvalue weighted by Gasteiger charge is -2.17. The Labute approximate surface area is 110 Å². The molecule has 0 aliphatic rings. The lowest BCUT2D eigenvalue weighted by molar-refractivity contribution is 0.553. The number of anilines is 1. The van der Waals surface area contributed by atoms with Gasteiger partial charge in [0.2, 0.25) is 10.0 Å². The first kappa shape index (κ1) is 15.0. The van der Waals surface area contributed by atoms with Crippen molar-refractivity contribution in [3.8, 4) is 0 Å². The van der Waals surface area contributed by atoms with Crippen LogP contribution in [0.15, 0.2) is 24.3 Å². The second-order valence-corrected chi connectivity index (χ2v) is 6.99. The summed E-state index contributed by atoms with van der Waals surface area (Å²) in [5, 5.41) is 2.66. The van der Waals surface area contributed by atoms with Gasteiger partial charge in [-0.2, -0.15) is 0 Å². The Hall–Kier alpha value is -1.07. The Morgan fingerprint density at radius 2 is 1.89 bits per heavy atom. The first-order valence-corrected chi connectivity index (χ1v) is 7.67. The first-order chi connectivity index (χ1) is 8.31. The van der Waals surface area contributed by atoms with Crippen LogP contribution in [0.5, 0.6) is 0 Å². The Morgan fingerprint density at radius 1 is 1.22 bits per heavy atom. The summed E-state index contributed by atoms with van der Waals surface area (Å²) in [6, 6.07) is 7.63. The van der Waals surface area contributed by atoms with E-state index in [1.165, 1.54) is 0 Å². The van der Waals surface area contributed by atoms with E-state index in [-0.39, 0.29) is 6.04 Å². The Balaban J connectivity index is 2.69. The minimum Gasteiger partial charge on any atom is -0.313 e. The van der Waals surface area contributed by atoms with Crippen molar-refractivity contribution in [2.24, 2.45) is 0 Å². The summed E-state index contributed by atoms with van der Waals surface area (Å²) in [6.07, 6.45) is 0. The Morgan fingerprint density at radius 3 is 2.44 bits per heavy atom. The molecule has 1 rings (SSSR count). The van der Waals surface area contributed by atoms with E-state index in [1.807, 2.05) is 39.0 Å². The number of aryl methyl sites for hydroxylation is 1. The SMILES string of the molecule is Cc1cccc(NS(=O)(=O)C(C)CNC(C)C)c1. The number of hydrogen-bond acceptors (Lipinski definition) is 3. The smallest absolute Gasteiger partial charge is 0.236 e. The van der Waals surface area contributed by atoms with Gasteiger partial charge in [-0.3, -0.25) is 4.72 Å². The highest BCUT2D eigenvalue weighted by Gasteiger charge is 2.20. The van der Waals surface area contributed by atoms with Crippen molar-refractivity contribution < 1.29 is 8.42 Å². The molecule has 0 saturated heterocycles. The van der Waals surface area contributed by atoms with Crippen LogP contribution >= 0.6 is 0 Å². The molecule has 0 saturated carbocycles. The van der Waals surface area contributed by atoms with Gasteiger partial charge < -0.3 is 5.32 Å². The van der Waals surface area contributed by atoms with Crippen LogP contribution in [0.4, 0.5) is 5.69 Å². The van der Waals surface area contributed by atoms with E-state index in [9.17, 15) is 8.42 Å². The molecule has 0 aliphatic carbocycles. The van der Waals surface area contributed by atoms with Gasteiger partial charge in [0.05, 0.1) is 5.25 Å². The third-order valence-electron chi connectivity index (χ3n) is 2.62. The normalized spacial score (nSPS) is 13.6. The summed E-state index contributed by atoms with van der Waals surface area (Å²) in [7, 11) is -3.34. The topological polar surface area (TPSA) is 58.2 Å². The molecule has 2 N–H and O–H groups in total. The molecule has 0 heterocycles. The predicted molar refractivity (Wildman–Crippen MR) is 76.3 cm³/mol. The van der Waals surface area contributed by atoms with E-state index in [1.54, 1.807) is 13.0 Å². The average Bonchev–Trinajstić information content (AvgIpc) is 2.25. The van der Waals surface area contributed by atoms with Crippen molar-refractivity contribution in [1.82, 2.24) is 5.32 Å². The molecule has 1 aromatic rings. The van der Waals surface area contributed by atoms with E-state index in [2.05, 4.69) is 10.0 Å². The molecule has 1 unspecified atom stereocenters. The highest BCUT2D eigenvalue weighted by molar-refractivity contribution is 7.93. The van der Waals surface area contributed by atoms with Gasteiger partial charge in [0.1, 0.15) is 0 Å². The van der Waals surface area contributed by atoms with Crippen molar-refractivity contribution in [2.45, 2.75) is 39.0 Å². The van der Waals surface area contributed by atoms with Gasteiger partial charge in [-0.15, -0.1) is 0 Å². The molecular weight excluding hydrogens is 248 g/mol. The molecule has 0 radical (unpaired) electrons. The van der Waals surface area contributed by atoms with Crippen molar-refractivity contribution in [3.63, 3.8) is 0 Å². The lowest BCUT2D eigenvalue weighted by Crippen LogP contribution is -2.37. The van der Waals surface area contributed by atoms with Crippen molar-refractivity contribution >= 4 is 15.7 Å². The number of rotatable bonds is 6. The highest BCUT2D eigenvalue weighted by atomic mass is 32.2. The molecule has 1 aromatic carbocycles. The first-order valence-electron chi connectivity index (χ1n) is 6.13. The van der Waals surface area contributed by atoms with E-state index < -0.39 is 15.3 Å². The predicted octanol–water partition coefficient (Wildman–Crippen LogP) is 2.12. The van der Waals surface area contributed by atoms with Gasteiger partial charge in [0.25, 0.3) is 0 Å². The van der Waals surface area contributed by atoms with Crippen LogP contribution in [0.2, 0.25) is 0 Å². The summed E-state index contributed by atoms with van der Waals surface area (Å²) >= 11 is 0. The van der Waals surface area contributed by atoms with E-state index in [0.717, 1.165) is 5.56 Å². The minimum atomic E-state index is -3.34. The minimum absolute atomic E-state index is 0.279. The van der Waals surface area contributed by atoms with Crippen LogP contribution < -0.4 is 10.0 Å². The van der Waals surface area contributed by atoms with Crippen LogP contribution in [-0.4, -0.2) is 26.3 Å². The van der Waals surface area contributed by atoms with Crippen LogP contribution in [-0.2, 0) is 10.0 Å². The highest BCUT2D eigenvalue weighted by Crippen LogP contribution is 2.13. The van der Waals surface area contributed by atoms with Crippen LogP contribution in [0.1, 0.15) is 26.3 Å². The van der Waals surface area contributed by atoms with Crippen LogP contribution in [0.25, 0.3) is 0 Å². The Bertz CT molecular complexity index is 484. The zero-order chi connectivity index (χ0) is 13.8. The number of hydrogen-bond donors (Lipinski definition) is 2. The number of sulfonamides is 1. The number of benzene rings is 1.